The summed E-state index contributed by atoms with van der Waals surface area (Å²) in [5, 5.41) is 0.958. The molecule has 9 heteroatoms. The number of nitrogens with two attached hydrogens (primary N) is 1. The largest absolute Gasteiger partial charge is 0.322 e. The van der Waals surface area contributed by atoms with Gasteiger partial charge in [0, 0.05) is 27.9 Å². The predicted molar refractivity (Wildman–Crippen MR) is 118 cm³/mol. The van der Waals surface area contributed by atoms with Crippen molar-refractivity contribution in [3.63, 3.8) is 0 Å². The van der Waals surface area contributed by atoms with E-state index in [2.05, 4.69) is 0 Å². The number of carbonyl (C=O) groups is 1. The minimum Gasteiger partial charge on any atom is -0.322 e. The van der Waals surface area contributed by atoms with Crippen molar-refractivity contribution in [1.82, 2.24) is 14.5 Å². The van der Waals surface area contributed by atoms with E-state index in [4.69, 9.17) is 22.3 Å². The zero-order valence-electron chi connectivity index (χ0n) is 16.9. The fraction of sp³-hybridized carbons (Fsp3) is 0.182. The first-order valence-electron chi connectivity index (χ1n) is 9.50. The summed E-state index contributed by atoms with van der Waals surface area (Å²) in [6.07, 6.45) is 3.26. The lowest BCUT2D eigenvalue weighted by Crippen LogP contribution is -2.47. The molecule has 31 heavy (non-hydrogen) atoms. The quantitative estimate of drug-likeness (QED) is 0.641. The van der Waals surface area contributed by atoms with Gasteiger partial charge < -0.3 is 10.6 Å². The van der Waals surface area contributed by atoms with Crippen LogP contribution in [0.25, 0.3) is 17.5 Å². The van der Waals surface area contributed by atoms with Gasteiger partial charge in [-0.2, -0.15) is 0 Å². The van der Waals surface area contributed by atoms with E-state index in [1.807, 2.05) is 13.8 Å². The zero-order valence-corrected chi connectivity index (χ0v) is 18.5. The average Bonchev–Trinajstić information content (AvgIpc) is 3.15. The van der Waals surface area contributed by atoms with Crippen LogP contribution >= 0.6 is 11.6 Å². The van der Waals surface area contributed by atoms with Crippen molar-refractivity contribution in [2.45, 2.75) is 29.3 Å². The Morgan fingerprint density at radius 2 is 1.77 bits per heavy atom. The van der Waals surface area contributed by atoms with Crippen molar-refractivity contribution in [2.75, 3.05) is 6.54 Å². The lowest BCUT2D eigenvalue weighted by atomic mass is 10.0. The molecule has 1 atom stereocenters. The van der Waals surface area contributed by atoms with Crippen molar-refractivity contribution < 1.29 is 13.4 Å². The third kappa shape index (κ3) is 3.71. The summed E-state index contributed by atoms with van der Waals surface area (Å²) < 4.78 is 28.9. The molecule has 0 radical (unpaired) electrons. The number of hydrogen-bond acceptors (Lipinski definition) is 4. The zero-order chi connectivity index (χ0) is 22.3. The van der Waals surface area contributed by atoms with Crippen molar-refractivity contribution in [3.05, 3.63) is 71.4 Å². The van der Waals surface area contributed by atoms with E-state index in [0.717, 1.165) is 0 Å². The van der Waals surface area contributed by atoms with E-state index in [9.17, 15) is 13.4 Å². The van der Waals surface area contributed by atoms with Crippen LogP contribution in [0.3, 0.4) is 0 Å². The highest BCUT2D eigenvalue weighted by atomic mass is 35.5. The molecule has 0 bridgehead atoms. The van der Waals surface area contributed by atoms with E-state index < -0.39 is 16.3 Å². The molecule has 2 heterocycles. The molecule has 2 N–H and O–H groups in total. The van der Waals surface area contributed by atoms with Gasteiger partial charge in [-0.25, -0.2) is 13.6 Å². The van der Waals surface area contributed by atoms with Gasteiger partial charge in [0.2, 0.25) is 5.91 Å². The molecule has 4 rings (SSSR count). The maximum absolute atomic E-state index is 13.6. The van der Waals surface area contributed by atoms with Crippen molar-refractivity contribution in [1.29, 1.82) is 0 Å². The molecule has 1 amide bonds. The number of amides is 1. The SMILES string of the molecule is CC1(C)c2nc(-c3ccc(F)cc3)c(S(=O)c3ccc(Cl)cc3)n2C=CN1C(=O)CN. The number of imidazole rings is 1. The lowest BCUT2D eigenvalue weighted by molar-refractivity contribution is -0.132. The number of benzene rings is 2. The Bertz CT molecular complexity index is 1200. The second-order valence-electron chi connectivity index (χ2n) is 7.51. The third-order valence-electron chi connectivity index (χ3n) is 5.15. The predicted octanol–water partition coefficient (Wildman–Crippen LogP) is 3.97. The van der Waals surface area contributed by atoms with Gasteiger partial charge in [-0.05, 0) is 62.4 Å². The number of carbonyl (C=O) groups excluding carboxylic acids is 1. The first kappa shape index (κ1) is 21.4. The van der Waals surface area contributed by atoms with Gasteiger partial charge in [0.05, 0.1) is 6.54 Å². The minimum atomic E-state index is -1.62. The van der Waals surface area contributed by atoms with Crippen LogP contribution in [0.2, 0.25) is 5.02 Å². The second-order valence-corrected chi connectivity index (χ2v) is 9.35. The number of rotatable bonds is 4. The van der Waals surface area contributed by atoms with Crippen LogP contribution < -0.4 is 5.73 Å². The van der Waals surface area contributed by atoms with Gasteiger partial charge in [0.1, 0.15) is 38.7 Å². The molecule has 1 unspecified atom stereocenters. The fourth-order valence-electron chi connectivity index (χ4n) is 3.55. The standard InChI is InChI=1S/C22H20ClFN4O2S/c1-22(2)21-26-19(14-3-7-16(24)8-4-14)20(27(21)11-12-28(22)18(29)13-25)31(30)17-9-5-15(23)6-10-17/h3-12H,13,25H2,1-2H3. The summed E-state index contributed by atoms with van der Waals surface area (Å²) in [5.74, 6) is -0.124. The molecule has 160 valence electrons. The fourth-order valence-corrected chi connectivity index (χ4v) is 4.95. The number of halogens is 2. The lowest BCUT2D eigenvalue weighted by Gasteiger charge is -2.38. The Morgan fingerprint density at radius 3 is 2.39 bits per heavy atom. The molecule has 3 aromatic rings. The molecule has 0 fully saturated rings. The van der Waals surface area contributed by atoms with Crippen LogP contribution in [0.4, 0.5) is 4.39 Å². The molecule has 0 aliphatic carbocycles. The van der Waals surface area contributed by atoms with Crippen LogP contribution in [0.15, 0.2) is 64.7 Å². The van der Waals surface area contributed by atoms with Gasteiger partial charge >= 0.3 is 0 Å². The van der Waals surface area contributed by atoms with Crippen LogP contribution in [-0.2, 0) is 21.1 Å². The van der Waals surface area contributed by atoms with E-state index in [-0.39, 0.29) is 18.3 Å². The summed E-state index contributed by atoms with van der Waals surface area (Å²) in [5.41, 5.74) is 5.79. The Morgan fingerprint density at radius 1 is 1.13 bits per heavy atom. The van der Waals surface area contributed by atoms with Crippen LogP contribution in [-0.4, -0.2) is 31.1 Å². The molecule has 0 saturated carbocycles. The molecular weight excluding hydrogens is 439 g/mol. The van der Waals surface area contributed by atoms with Crippen LogP contribution in [0.1, 0.15) is 19.7 Å². The minimum absolute atomic E-state index is 0.150. The first-order valence-corrected chi connectivity index (χ1v) is 11.0. The molecule has 1 aromatic heterocycles. The Kier molecular flexibility index (Phi) is 5.55. The third-order valence-corrected chi connectivity index (χ3v) is 6.84. The summed E-state index contributed by atoms with van der Waals surface area (Å²) >= 11 is 5.98. The second kappa shape index (κ2) is 8.03. The van der Waals surface area contributed by atoms with Gasteiger partial charge in [-0.15, -0.1) is 0 Å². The van der Waals surface area contributed by atoms with Crippen LogP contribution in [0, 0.1) is 5.82 Å². The highest BCUT2D eigenvalue weighted by molar-refractivity contribution is 7.85. The first-order chi connectivity index (χ1) is 14.7. The maximum Gasteiger partial charge on any atom is 0.241 e. The van der Waals surface area contributed by atoms with Crippen molar-refractivity contribution >= 4 is 34.5 Å². The summed E-state index contributed by atoms with van der Waals surface area (Å²) in [6.45, 7) is 3.53. The molecule has 0 saturated heterocycles. The Labute approximate surface area is 186 Å². The van der Waals surface area contributed by atoms with Gasteiger partial charge in [-0.1, -0.05) is 11.6 Å². The number of fused-ring (bicyclic) bond motifs is 1. The Hall–Kier alpha value is -2.81. The van der Waals surface area contributed by atoms with E-state index in [1.165, 1.54) is 17.0 Å². The Balaban J connectivity index is 1.94. The number of nitrogens with zero attached hydrogens (tertiary/aromatic N) is 3. The van der Waals surface area contributed by atoms with Crippen LogP contribution in [0.5, 0.6) is 0 Å². The summed E-state index contributed by atoms with van der Waals surface area (Å²) in [4.78, 5) is 19.2. The number of hydrogen-bond donors (Lipinski definition) is 1. The highest BCUT2D eigenvalue weighted by Gasteiger charge is 2.40. The van der Waals surface area contributed by atoms with Crippen molar-refractivity contribution in [3.8, 4) is 11.3 Å². The maximum atomic E-state index is 13.6. The molecule has 1 aliphatic rings. The highest BCUT2D eigenvalue weighted by Crippen LogP contribution is 2.38. The van der Waals surface area contributed by atoms with Gasteiger partial charge in [-0.3, -0.25) is 9.36 Å². The van der Waals surface area contributed by atoms with E-state index in [1.54, 1.807) is 53.4 Å². The smallest absolute Gasteiger partial charge is 0.241 e. The summed E-state index contributed by atoms with van der Waals surface area (Å²) in [7, 11) is -1.62. The number of aromatic nitrogens is 2. The molecule has 0 spiro atoms. The monoisotopic (exact) mass is 458 g/mol. The average molecular weight is 459 g/mol. The molecule has 1 aliphatic heterocycles. The van der Waals surface area contributed by atoms with Crippen molar-refractivity contribution in [2.24, 2.45) is 5.73 Å². The van der Waals surface area contributed by atoms with Gasteiger partial charge in [0.25, 0.3) is 0 Å². The van der Waals surface area contributed by atoms with Gasteiger partial charge in [0.15, 0.2) is 0 Å². The normalized spacial score (nSPS) is 15.6. The molecular formula is C22H20ClFN4O2S. The van der Waals surface area contributed by atoms with E-state index in [0.29, 0.717) is 32.0 Å². The topological polar surface area (TPSA) is 81.2 Å². The molecule has 2 aromatic carbocycles. The molecule has 6 nitrogen and oxygen atoms in total. The summed E-state index contributed by atoms with van der Waals surface area (Å²) in [6, 6.07) is 12.5. The van der Waals surface area contributed by atoms with E-state index >= 15 is 0 Å².